The summed E-state index contributed by atoms with van der Waals surface area (Å²) in [6.07, 6.45) is 1.83. The van der Waals surface area contributed by atoms with Crippen molar-refractivity contribution < 1.29 is 44.5 Å². The van der Waals surface area contributed by atoms with Crippen molar-refractivity contribution in [2.75, 3.05) is 26.7 Å². The zero-order valence-electron chi connectivity index (χ0n) is 22.7. The summed E-state index contributed by atoms with van der Waals surface area (Å²) >= 11 is 0. The van der Waals surface area contributed by atoms with Crippen molar-refractivity contribution in [3.05, 3.63) is 84.4 Å². The monoisotopic (exact) mass is 600 g/mol. The van der Waals surface area contributed by atoms with Crippen LogP contribution >= 0.6 is 0 Å². The van der Waals surface area contributed by atoms with Gasteiger partial charge in [0.25, 0.3) is 0 Å². The van der Waals surface area contributed by atoms with E-state index in [9.17, 15) is 21.9 Å². The van der Waals surface area contributed by atoms with Crippen molar-refractivity contribution in [1.82, 2.24) is 0 Å². The number of methoxy groups -OCH3 is 2. The maximum atomic E-state index is 12.4. The van der Waals surface area contributed by atoms with Gasteiger partial charge in [0.1, 0.15) is 18.1 Å². The lowest BCUT2D eigenvalue weighted by Crippen LogP contribution is -2.09. The highest BCUT2D eigenvalue weighted by molar-refractivity contribution is 7.86. The van der Waals surface area contributed by atoms with E-state index >= 15 is 0 Å². The Morgan fingerprint density at radius 2 is 1.32 bits per heavy atom. The van der Waals surface area contributed by atoms with Gasteiger partial charge in [-0.15, -0.1) is 0 Å². The highest BCUT2D eigenvalue weighted by atomic mass is 32.2. The van der Waals surface area contributed by atoms with E-state index in [0.29, 0.717) is 16.7 Å². The summed E-state index contributed by atoms with van der Waals surface area (Å²) in [5.41, 5.74) is 2.41. The topological polar surface area (TPSA) is 135 Å². The molecule has 0 fully saturated rings. The quantitative estimate of drug-likeness (QED) is 0.234. The highest BCUT2D eigenvalue weighted by Crippen LogP contribution is 2.51. The third kappa shape index (κ3) is 7.41. The van der Waals surface area contributed by atoms with Crippen LogP contribution in [0, 0.1) is 0 Å². The summed E-state index contributed by atoms with van der Waals surface area (Å²) in [7, 11) is -5.03. The average molecular weight is 601 g/mol. The fourth-order valence-corrected chi connectivity index (χ4v) is 5.02. The number of hydrogen-bond donors (Lipinski definition) is 1. The molecule has 216 valence electrons. The molecule has 0 aliphatic carbocycles. The van der Waals surface area contributed by atoms with Gasteiger partial charge in [0.2, 0.25) is 0 Å². The zero-order valence-corrected chi connectivity index (χ0v) is 24.3. The summed E-state index contributed by atoms with van der Waals surface area (Å²) in [5.74, 6) is 0.243. The summed E-state index contributed by atoms with van der Waals surface area (Å²) in [6.45, 7) is 0.232. The van der Waals surface area contributed by atoms with Crippen molar-refractivity contribution in [2.24, 2.45) is 0 Å². The van der Waals surface area contributed by atoms with Crippen LogP contribution < -0.4 is 22.6 Å². The molecule has 4 aromatic rings. The lowest BCUT2D eigenvalue weighted by molar-refractivity contribution is 0.289. The molecular weight excluding hydrogens is 572 g/mol. The van der Waals surface area contributed by atoms with Crippen LogP contribution in [0.4, 0.5) is 0 Å². The van der Waals surface area contributed by atoms with Crippen LogP contribution in [-0.4, -0.2) is 48.7 Å². The Balaban J connectivity index is 1.82. The van der Waals surface area contributed by atoms with Crippen molar-refractivity contribution in [3.63, 3.8) is 0 Å². The fourth-order valence-electron chi connectivity index (χ4n) is 4.09. The number of ether oxygens (including phenoxy) is 3. The van der Waals surface area contributed by atoms with Crippen molar-refractivity contribution in [3.8, 4) is 56.8 Å². The van der Waals surface area contributed by atoms with Crippen LogP contribution in [-0.2, 0) is 26.8 Å². The van der Waals surface area contributed by atoms with E-state index in [1.165, 1.54) is 32.4 Å². The summed E-state index contributed by atoms with van der Waals surface area (Å²) in [5, 5.41) is 10.8. The van der Waals surface area contributed by atoms with Gasteiger partial charge in [-0.05, 0) is 47.0 Å². The molecule has 41 heavy (non-hydrogen) atoms. The molecule has 0 heterocycles. The van der Waals surface area contributed by atoms with E-state index in [4.69, 9.17) is 22.6 Å². The van der Waals surface area contributed by atoms with Gasteiger partial charge in [-0.25, -0.2) is 0 Å². The first kappa shape index (κ1) is 29.6. The van der Waals surface area contributed by atoms with Crippen LogP contribution in [0.15, 0.2) is 78.9 Å². The largest absolute Gasteiger partial charge is 0.504 e. The Bertz CT molecular complexity index is 1750. The molecule has 0 amide bonds. The molecule has 0 saturated heterocycles. The molecule has 0 unspecified atom stereocenters. The molecule has 0 radical (unpaired) electrons. The van der Waals surface area contributed by atoms with Gasteiger partial charge in [0, 0.05) is 5.56 Å². The van der Waals surface area contributed by atoms with Crippen molar-refractivity contribution >= 4 is 20.2 Å². The first-order chi connectivity index (χ1) is 19.4. The van der Waals surface area contributed by atoms with Gasteiger partial charge in [0.05, 0.1) is 32.3 Å². The van der Waals surface area contributed by atoms with E-state index in [1.807, 2.05) is 30.3 Å². The number of benzene rings is 4. The minimum atomic E-state index is -4.06. The maximum Gasteiger partial charge on any atom is 0.306 e. The van der Waals surface area contributed by atoms with Gasteiger partial charge in [-0.3, -0.25) is 0 Å². The molecule has 10 nitrogen and oxygen atoms in total. The zero-order chi connectivity index (χ0) is 29.8. The number of hydrogen-bond acceptors (Lipinski definition) is 10. The lowest BCUT2D eigenvalue weighted by Gasteiger charge is -2.21. The molecule has 0 bridgehead atoms. The van der Waals surface area contributed by atoms with Gasteiger partial charge < -0.3 is 27.7 Å². The summed E-state index contributed by atoms with van der Waals surface area (Å²) in [4.78, 5) is 0. The number of rotatable bonds is 11. The second-order valence-electron chi connectivity index (χ2n) is 8.92. The molecule has 12 heteroatoms. The Labute approximate surface area is 238 Å². The second kappa shape index (κ2) is 12.0. The predicted molar refractivity (Wildman–Crippen MR) is 154 cm³/mol. The minimum absolute atomic E-state index is 0.0619. The number of phenolic OH excluding ortho intramolecular Hbond substituents is 1. The van der Waals surface area contributed by atoms with Crippen LogP contribution in [0.5, 0.6) is 34.5 Å². The molecular formula is C29H28O10S2. The Kier molecular flexibility index (Phi) is 8.64. The summed E-state index contributed by atoms with van der Waals surface area (Å²) < 4.78 is 75.0. The number of phenols is 1. The maximum absolute atomic E-state index is 12.4. The Morgan fingerprint density at radius 1 is 0.683 bits per heavy atom. The standard InChI is InChI=1S/C29H28O10S2/c1-35-26-17-23(20-10-13-22(14-11-20)38-40(3,31)32)28(36-2)29(39-41(4,33)34)27(26)21-12-15-25(24(30)16-21)37-18-19-8-6-5-7-9-19/h5-17,30H,18H2,1-4H3. The van der Waals surface area contributed by atoms with Crippen LogP contribution in [0.2, 0.25) is 0 Å². The predicted octanol–water partition coefficient (Wildman–Crippen LogP) is 5.00. The first-order valence-corrected chi connectivity index (χ1v) is 15.7. The fraction of sp³-hybridized carbons (Fsp3) is 0.172. The van der Waals surface area contributed by atoms with Crippen LogP contribution in [0.1, 0.15) is 5.56 Å². The van der Waals surface area contributed by atoms with E-state index < -0.39 is 20.2 Å². The van der Waals surface area contributed by atoms with Crippen molar-refractivity contribution in [1.29, 1.82) is 0 Å². The smallest absolute Gasteiger partial charge is 0.306 e. The Morgan fingerprint density at radius 3 is 1.88 bits per heavy atom. The molecule has 0 aromatic heterocycles. The minimum Gasteiger partial charge on any atom is -0.504 e. The van der Waals surface area contributed by atoms with E-state index in [2.05, 4.69) is 0 Å². The van der Waals surface area contributed by atoms with E-state index in [1.54, 1.807) is 30.3 Å². The van der Waals surface area contributed by atoms with Gasteiger partial charge in [0.15, 0.2) is 23.0 Å². The highest BCUT2D eigenvalue weighted by Gasteiger charge is 2.27. The average Bonchev–Trinajstić information content (AvgIpc) is 2.91. The molecule has 0 saturated carbocycles. The van der Waals surface area contributed by atoms with Crippen molar-refractivity contribution in [2.45, 2.75) is 6.61 Å². The summed E-state index contributed by atoms with van der Waals surface area (Å²) in [6, 6.07) is 21.7. The van der Waals surface area contributed by atoms with E-state index in [0.717, 1.165) is 18.1 Å². The van der Waals surface area contributed by atoms with Gasteiger partial charge in [-0.1, -0.05) is 48.5 Å². The number of aromatic hydroxyl groups is 1. The molecule has 4 rings (SSSR count). The SMILES string of the molecule is COc1cc(-c2ccc(OS(C)(=O)=O)cc2)c(OC)c(OS(C)(=O)=O)c1-c1ccc(OCc2ccccc2)c(O)c1. The van der Waals surface area contributed by atoms with Gasteiger partial charge >= 0.3 is 20.2 Å². The van der Waals surface area contributed by atoms with Crippen LogP contribution in [0.3, 0.4) is 0 Å². The third-order valence-electron chi connectivity index (χ3n) is 5.76. The molecule has 0 aliphatic heterocycles. The first-order valence-electron chi connectivity index (χ1n) is 12.1. The molecule has 0 spiro atoms. The normalized spacial score (nSPS) is 11.5. The third-order valence-corrected chi connectivity index (χ3v) is 6.72. The molecule has 1 N–H and O–H groups in total. The Hall–Kier alpha value is -4.42. The van der Waals surface area contributed by atoms with Gasteiger partial charge in [-0.2, -0.15) is 16.8 Å². The van der Waals surface area contributed by atoms with E-state index in [-0.39, 0.29) is 46.7 Å². The molecule has 0 atom stereocenters. The second-order valence-corrected chi connectivity index (χ2v) is 12.1. The lowest BCUT2D eigenvalue weighted by atomic mass is 9.96. The van der Waals surface area contributed by atoms with Crippen LogP contribution in [0.25, 0.3) is 22.3 Å². The molecule has 4 aromatic carbocycles. The molecule has 0 aliphatic rings.